The summed E-state index contributed by atoms with van der Waals surface area (Å²) < 4.78 is 41.5. The molecular weight excluding hydrogens is 348 g/mol. The second-order valence-electron chi connectivity index (χ2n) is 5.02. The number of hydrogen-bond acceptors (Lipinski definition) is 6. The number of carbonyl (C=O) groups is 1. The summed E-state index contributed by atoms with van der Waals surface area (Å²) in [6, 6.07) is 6.10. The first kappa shape index (κ1) is 18.7. The largest absolute Gasteiger partial charge is 0.492 e. The van der Waals surface area contributed by atoms with Crippen LogP contribution in [0.4, 0.5) is 11.4 Å². The zero-order chi connectivity index (χ0) is 18.4. The van der Waals surface area contributed by atoms with Crippen LogP contribution in [0.25, 0.3) is 0 Å². The van der Waals surface area contributed by atoms with Crippen molar-refractivity contribution in [3.8, 4) is 11.5 Å². The maximum Gasteiger partial charge on any atom is 0.291 e. The molecule has 0 radical (unpaired) electrons. The normalized spacial score (nSPS) is 11.0. The van der Waals surface area contributed by atoms with Crippen molar-refractivity contribution in [3.63, 3.8) is 0 Å². The van der Waals surface area contributed by atoms with Gasteiger partial charge in [0.25, 0.3) is 5.91 Å². The molecule has 0 bridgehead atoms. The van der Waals surface area contributed by atoms with Crippen molar-refractivity contribution < 1.29 is 27.1 Å². The Kier molecular flexibility index (Phi) is 5.92. The number of amides is 1. The number of rotatable bonds is 8. The molecule has 136 valence electrons. The fourth-order valence-corrected chi connectivity index (χ4v) is 2.64. The minimum Gasteiger partial charge on any atom is -0.492 e. The van der Waals surface area contributed by atoms with Gasteiger partial charge in [-0.15, -0.1) is 0 Å². The Morgan fingerprint density at radius 1 is 1.12 bits per heavy atom. The highest BCUT2D eigenvalue weighted by molar-refractivity contribution is 7.92. The highest BCUT2D eigenvalue weighted by atomic mass is 32.2. The van der Waals surface area contributed by atoms with Crippen molar-refractivity contribution >= 4 is 27.3 Å². The third kappa shape index (κ3) is 5.15. The van der Waals surface area contributed by atoms with E-state index < -0.39 is 15.9 Å². The van der Waals surface area contributed by atoms with E-state index in [1.54, 1.807) is 19.9 Å². The molecule has 1 aromatic heterocycles. The molecule has 0 saturated carbocycles. The summed E-state index contributed by atoms with van der Waals surface area (Å²) in [6.45, 7) is 4.19. The minimum atomic E-state index is -3.51. The van der Waals surface area contributed by atoms with Gasteiger partial charge in [-0.05, 0) is 26.0 Å². The zero-order valence-electron chi connectivity index (χ0n) is 14.2. The molecule has 1 aromatic carbocycles. The van der Waals surface area contributed by atoms with E-state index in [0.717, 1.165) is 6.26 Å². The Balaban J connectivity index is 2.42. The number of anilines is 2. The van der Waals surface area contributed by atoms with E-state index in [2.05, 4.69) is 10.0 Å². The van der Waals surface area contributed by atoms with E-state index in [4.69, 9.17) is 13.9 Å². The quantitative estimate of drug-likeness (QED) is 0.742. The fourth-order valence-electron chi connectivity index (χ4n) is 2.08. The first-order valence-electron chi connectivity index (χ1n) is 7.60. The van der Waals surface area contributed by atoms with E-state index in [1.165, 1.54) is 24.5 Å². The second-order valence-corrected chi connectivity index (χ2v) is 6.76. The van der Waals surface area contributed by atoms with E-state index in [1.807, 2.05) is 0 Å². The minimum absolute atomic E-state index is 0.138. The Bertz CT molecular complexity index is 831. The van der Waals surface area contributed by atoms with Crippen molar-refractivity contribution in [1.82, 2.24) is 0 Å². The van der Waals surface area contributed by atoms with Crippen LogP contribution < -0.4 is 19.5 Å². The molecule has 0 atom stereocenters. The Labute approximate surface area is 146 Å². The number of nitrogens with one attached hydrogen (secondary N) is 2. The maximum absolute atomic E-state index is 12.2. The summed E-state index contributed by atoms with van der Waals surface area (Å²) in [6.07, 6.45) is 2.43. The topological polar surface area (TPSA) is 107 Å². The average Bonchev–Trinajstić information content (AvgIpc) is 3.04. The molecule has 2 N–H and O–H groups in total. The number of hydrogen-bond donors (Lipinski definition) is 2. The van der Waals surface area contributed by atoms with Crippen molar-refractivity contribution in [2.75, 3.05) is 29.5 Å². The van der Waals surface area contributed by atoms with Crippen LogP contribution in [0.3, 0.4) is 0 Å². The van der Waals surface area contributed by atoms with E-state index in [-0.39, 0.29) is 17.2 Å². The smallest absolute Gasteiger partial charge is 0.291 e. The van der Waals surface area contributed by atoms with Gasteiger partial charge in [-0.2, -0.15) is 0 Å². The summed E-state index contributed by atoms with van der Waals surface area (Å²) in [4.78, 5) is 12.2. The van der Waals surface area contributed by atoms with Gasteiger partial charge in [0.05, 0.1) is 37.1 Å². The summed E-state index contributed by atoms with van der Waals surface area (Å²) in [7, 11) is -3.51. The van der Waals surface area contributed by atoms with Gasteiger partial charge < -0.3 is 19.2 Å². The predicted octanol–water partition coefficient (Wildman–Crippen LogP) is 2.70. The van der Waals surface area contributed by atoms with Crippen LogP contribution >= 0.6 is 0 Å². The predicted molar refractivity (Wildman–Crippen MR) is 93.9 cm³/mol. The highest BCUT2D eigenvalue weighted by Crippen LogP contribution is 2.37. The summed E-state index contributed by atoms with van der Waals surface area (Å²) in [5.41, 5.74) is 0.564. The molecule has 1 heterocycles. The second kappa shape index (κ2) is 7.93. The number of furan rings is 1. The van der Waals surface area contributed by atoms with E-state index in [9.17, 15) is 13.2 Å². The van der Waals surface area contributed by atoms with Gasteiger partial charge in [-0.3, -0.25) is 9.52 Å². The molecule has 2 aromatic rings. The summed E-state index contributed by atoms with van der Waals surface area (Å²) in [5, 5.41) is 2.67. The highest BCUT2D eigenvalue weighted by Gasteiger charge is 2.18. The first-order valence-corrected chi connectivity index (χ1v) is 9.49. The van der Waals surface area contributed by atoms with Gasteiger partial charge in [-0.1, -0.05) is 0 Å². The van der Waals surface area contributed by atoms with Gasteiger partial charge in [0.2, 0.25) is 10.0 Å². The molecule has 8 nitrogen and oxygen atoms in total. The van der Waals surface area contributed by atoms with Crippen LogP contribution in [0.15, 0.2) is 34.9 Å². The van der Waals surface area contributed by atoms with Gasteiger partial charge in [-0.25, -0.2) is 8.42 Å². The summed E-state index contributed by atoms with van der Waals surface area (Å²) in [5.74, 6) is 0.249. The molecule has 0 spiro atoms. The average molecular weight is 368 g/mol. The van der Waals surface area contributed by atoms with Crippen molar-refractivity contribution in [2.45, 2.75) is 13.8 Å². The molecule has 0 fully saturated rings. The van der Waals surface area contributed by atoms with Crippen LogP contribution in [0.2, 0.25) is 0 Å². The molecule has 25 heavy (non-hydrogen) atoms. The van der Waals surface area contributed by atoms with Crippen LogP contribution in [0, 0.1) is 0 Å². The monoisotopic (exact) mass is 368 g/mol. The van der Waals surface area contributed by atoms with Gasteiger partial charge in [0.1, 0.15) is 11.5 Å². The van der Waals surface area contributed by atoms with Gasteiger partial charge in [0, 0.05) is 12.1 Å². The first-order chi connectivity index (χ1) is 11.8. The van der Waals surface area contributed by atoms with Crippen LogP contribution in [0.5, 0.6) is 11.5 Å². The number of sulfonamides is 1. The lowest BCUT2D eigenvalue weighted by Gasteiger charge is -2.17. The molecule has 0 aliphatic carbocycles. The lowest BCUT2D eigenvalue weighted by Crippen LogP contribution is -2.14. The van der Waals surface area contributed by atoms with E-state index >= 15 is 0 Å². The fraction of sp³-hybridized carbons (Fsp3) is 0.312. The molecule has 9 heteroatoms. The zero-order valence-corrected chi connectivity index (χ0v) is 15.0. The lowest BCUT2D eigenvalue weighted by atomic mass is 10.2. The molecule has 0 unspecified atom stereocenters. The molecule has 1 amide bonds. The lowest BCUT2D eigenvalue weighted by molar-refractivity contribution is 0.0996. The van der Waals surface area contributed by atoms with Gasteiger partial charge >= 0.3 is 0 Å². The third-order valence-corrected chi connectivity index (χ3v) is 3.56. The molecular formula is C16H20N2O6S. The maximum atomic E-state index is 12.2. The SMILES string of the molecule is CCOc1cc(NS(C)(=O)=O)c(OCC)cc1NC(=O)c1ccco1. The van der Waals surface area contributed by atoms with Crippen molar-refractivity contribution in [1.29, 1.82) is 0 Å². The number of benzene rings is 1. The Morgan fingerprint density at radius 3 is 2.24 bits per heavy atom. The van der Waals surface area contributed by atoms with Gasteiger partial charge in [0.15, 0.2) is 5.76 Å². The molecule has 0 saturated heterocycles. The van der Waals surface area contributed by atoms with Crippen LogP contribution in [-0.4, -0.2) is 33.8 Å². The molecule has 0 aliphatic rings. The third-order valence-electron chi connectivity index (χ3n) is 2.97. The van der Waals surface area contributed by atoms with Crippen LogP contribution in [0.1, 0.15) is 24.4 Å². The Morgan fingerprint density at radius 2 is 1.72 bits per heavy atom. The summed E-state index contributed by atoms with van der Waals surface area (Å²) >= 11 is 0. The Hall–Kier alpha value is -2.68. The number of carbonyl (C=O) groups excluding carboxylic acids is 1. The molecule has 0 aliphatic heterocycles. The number of ether oxygens (including phenoxy) is 2. The van der Waals surface area contributed by atoms with Crippen molar-refractivity contribution in [2.24, 2.45) is 0 Å². The molecule has 2 rings (SSSR count). The standard InChI is InChI=1S/C16H20N2O6S/c1-4-22-14-10-12(18-25(3,20)21)15(23-5-2)9-11(14)17-16(19)13-7-6-8-24-13/h6-10,18H,4-5H2,1-3H3,(H,17,19). The van der Waals surface area contributed by atoms with Crippen molar-refractivity contribution in [3.05, 3.63) is 36.3 Å². The van der Waals surface area contributed by atoms with E-state index in [0.29, 0.717) is 24.7 Å². The van der Waals surface area contributed by atoms with Crippen LogP contribution in [-0.2, 0) is 10.0 Å².